The van der Waals surface area contributed by atoms with E-state index < -0.39 is 5.97 Å². The molecular weight excluding hydrogens is 262 g/mol. The zero-order chi connectivity index (χ0) is 14.5. The van der Waals surface area contributed by atoms with Gasteiger partial charge in [-0.2, -0.15) is 0 Å². The van der Waals surface area contributed by atoms with Crippen molar-refractivity contribution in [1.29, 1.82) is 0 Å². The minimum absolute atomic E-state index is 0.112. The normalized spacial score (nSPS) is 9.90. The summed E-state index contributed by atoms with van der Waals surface area (Å²) in [5, 5.41) is 11.7. The van der Waals surface area contributed by atoms with E-state index in [1.54, 1.807) is 32.4 Å². The molecule has 104 valence electrons. The first-order valence-electron chi connectivity index (χ1n) is 5.68. The number of benzene rings is 1. The highest BCUT2D eigenvalue weighted by Gasteiger charge is 2.06. The standard InChI is InChI=1S/C13H13N3O4/c1-19-9-3-8(4-10(5-9)20-2)16-12-7-14-11(6-15-12)13(17)18/h3-7H,1-2H3,(H,15,16)(H,17,18). The summed E-state index contributed by atoms with van der Waals surface area (Å²) in [4.78, 5) is 18.4. The van der Waals surface area contributed by atoms with Crippen LogP contribution in [0.15, 0.2) is 30.6 Å². The number of carbonyl (C=O) groups is 1. The molecule has 0 saturated carbocycles. The van der Waals surface area contributed by atoms with Crippen LogP contribution in [-0.2, 0) is 0 Å². The Kier molecular flexibility index (Phi) is 3.99. The first-order chi connectivity index (χ1) is 9.62. The molecule has 0 spiro atoms. The molecule has 0 aliphatic carbocycles. The fraction of sp³-hybridized carbons (Fsp3) is 0.154. The van der Waals surface area contributed by atoms with Crippen LogP contribution in [0.2, 0.25) is 0 Å². The number of aromatic nitrogens is 2. The average Bonchev–Trinajstić information content (AvgIpc) is 2.47. The molecule has 20 heavy (non-hydrogen) atoms. The lowest BCUT2D eigenvalue weighted by molar-refractivity contribution is 0.0690. The second-order valence-corrected chi connectivity index (χ2v) is 3.82. The summed E-state index contributed by atoms with van der Waals surface area (Å²) in [6.45, 7) is 0. The van der Waals surface area contributed by atoms with E-state index in [1.165, 1.54) is 12.4 Å². The van der Waals surface area contributed by atoms with Crippen LogP contribution in [0.4, 0.5) is 11.5 Å². The van der Waals surface area contributed by atoms with Crippen LogP contribution >= 0.6 is 0 Å². The lowest BCUT2D eigenvalue weighted by Crippen LogP contribution is -2.02. The van der Waals surface area contributed by atoms with Crippen LogP contribution in [0.5, 0.6) is 11.5 Å². The molecule has 1 aromatic carbocycles. The van der Waals surface area contributed by atoms with E-state index in [-0.39, 0.29) is 5.69 Å². The van der Waals surface area contributed by atoms with Crippen LogP contribution in [0.1, 0.15) is 10.5 Å². The molecule has 2 aromatic rings. The highest BCUT2D eigenvalue weighted by Crippen LogP contribution is 2.27. The Morgan fingerprint density at radius 2 is 1.75 bits per heavy atom. The largest absolute Gasteiger partial charge is 0.497 e. The van der Waals surface area contributed by atoms with Crippen molar-refractivity contribution in [3.63, 3.8) is 0 Å². The minimum atomic E-state index is -1.12. The number of methoxy groups -OCH3 is 2. The number of carboxylic acids is 1. The molecule has 0 unspecified atom stereocenters. The molecule has 0 radical (unpaired) electrons. The summed E-state index contributed by atoms with van der Waals surface area (Å²) in [6, 6.07) is 5.26. The lowest BCUT2D eigenvalue weighted by Gasteiger charge is -2.10. The topological polar surface area (TPSA) is 93.6 Å². The molecule has 0 bridgehead atoms. The molecule has 2 rings (SSSR count). The van der Waals surface area contributed by atoms with Gasteiger partial charge in [-0.15, -0.1) is 0 Å². The van der Waals surface area contributed by atoms with E-state index in [0.29, 0.717) is 23.0 Å². The molecule has 0 aliphatic rings. The van der Waals surface area contributed by atoms with Gasteiger partial charge in [0.2, 0.25) is 0 Å². The van der Waals surface area contributed by atoms with Crippen LogP contribution < -0.4 is 14.8 Å². The van der Waals surface area contributed by atoms with Gasteiger partial charge in [0.25, 0.3) is 0 Å². The fourth-order valence-corrected chi connectivity index (χ4v) is 1.53. The van der Waals surface area contributed by atoms with Gasteiger partial charge in [0, 0.05) is 23.9 Å². The summed E-state index contributed by atoms with van der Waals surface area (Å²) in [5.74, 6) is 0.557. The van der Waals surface area contributed by atoms with Crippen molar-refractivity contribution in [2.24, 2.45) is 0 Å². The van der Waals surface area contributed by atoms with Crippen LogP contribution in [0, 0.1) is 0 Å². The molecular formula is C13H13N3O4. The summed E-state index contributed by atoms with van der Waals surface area (Å²) in [7, 11) is 3.11. The third-order valence-corrected chi connectivity index (χ3v) is 2.49. The number of nitrogens with zero attached hydrogens (tertiary/aromatic N) is 2. The lowest BCUT2D eigenvalue weighted by atomic mass is 10.2. The highest BCUT2D eigenvalue weighted by atomic mass is 16.5. The van der Waals surface area contributed by atoms with Crippen molar-refractivity contribution >= 4 is 17.5 Å². The summed E-state index contributed by atoms with van der Waals surface area (Å²) < 4.78 is 10.3. The van der Waals surface area contributed by atoms with Gasteiger partial charge >= 0.3 is 5.97 Å². The molecule has 1 aromatic heterocycles. The van der Waals surface area contributed by atoms with E-state index in [4.69, 9.17) is 14.6 Å². The summed E-state index contributed by atoms with van der Waals surface area (Å²) in [5.41, 5.74) is 0.581. The zero-order valence-electron chi connectivity index (χ0n) is 11.0. The first-order valence-corrected chi connectivity index (χ1v) is 5.68. The maximum absolute atomic E-state index is 10.7. The molecule has 0 atom stereocenters. The smallest absolute Gasteiger partial charge is 0.356 e. The predicted octanol–water partition coefficient (Wildman–Crippen LogP) is 1.94. The Hall–Kier alpha value is -2.83. The predicted molar refractivity (Wildman–Crippen MR) is 71.8 cm³/mol. The van der Waals surface area contributed by atoms with Crippen molar-refractivity contribution < 1.29 is 19.4 Å². The van der Waals surface area contributed by atoms with Gasteiger partial charge in [-0.25, -0.2) is 14.8 Å². The Morgan fingerprint density at radius 3 is 2.20 bits per heavy atom. The van der Waals surface area contributed by atoms with Gasteiger partial charge in [-0.3, -0.25) is 0 Å². The van der Waals surface area contributed by atoms with Gasteiger partial charge in [0.05, 0.1) is 26.6 Å². The molecule has 0 fully saturated rings. The Balaban J connectivity index is 2.22. The SMILES string of the molecule is COc1cc(Nc2cnc(C(=O)O)cn2)cc(OC)c1. The third-order valence-electron chi connectivity index (χ3n) is 2.49. The Morgan fingerprint density at radius 1 is 1.10 bits per heavy atom. The molecule has 7 heteroatoms. The Bertz CT molecular complexity index is 591. The van der Waals surface area contributed by atoms with Crippen molar-refractivity contribution in [1.82, 2.24) is 9.97 Å². The summed E-state index contributed by atoms with van der Waals surface area (Å²) in [6.07, 6.45) is 2.53. The van der Waals surface area contributed by atoms with Gasteiger partial charge in [0.1, 0.15) is 17.3 Å². The van der Waals surface area contributed by atoms with E-state index in [9.17, 15) is 4.79 Å². The number of ether oxygens (including phenoxy) is 2. The monoisotopic (exact) mass is 275 g/mol. The van der Waals surface area contributed by atoms with Gasteiger partial charge in [-0.05, 0) is 0 Å². The molecule has 0 aliphatic heterocycles. The fourth-order valence-electron chi connectivity index (χ4n) is 1.53. The molecule has 7 nitrogen and oxygen atoms in total. The highest BCUT2D eigenvalue weighted by molar-refractivity contribution is 5.85. The number of rotatable bonds is 5. The number of anilines is 2. The van der Waals surface area contributed by atoms with Crippen molar-refractivity contribution in [3.8, 4) is 11.5 Å². The van der Waals surface area contributed by atoms with E-state index in [1.807, 2.05) is 0 Å². The maximum Gasteiger partial charge on any atom is 0.356 e. The van der Waals surface area contributed by atoms with Crippen molar-refractivity contribution in [2.45, 2.75) is 0 Å². The Labute approximate surface area is 115 Å². The number of nitrogens with one attached hydrogen (secondary N) is 1. The molecule has 0 amide bonds. The second kappa shape index (κ2) is 5.87. The van der Waals surface area contributed by atoms with E-state index in [0.717, 1.165) is 0 Å². The maximum atomic E-state index is 10.7. The number of carboxylic acid groups (broad SMARTS) is 1. The van der Waals surface area contributed by atoms with Crippen molar-refractivity contribution in [3.05, 3.63) is 36.3 Å². The second-order valence-electron chi connectivity index (χ2n) is 3.82. The van der Waals surface area contributed by atoms with Crippen LogP contribution in [0.25, 0.3) is 0 Å². The van der Waals surface area contributed by atoms with Crippen LogP contribution in [0.3, 0.4) is 0 Å². The van der Waals surface area contributed by atoms with Gasteiger partial charge in [0.15, 0.2) is 5.69 Å². The van der Waals surface area contributed by atoms with Crippen molar-refractivity contribution in [2.75, 3.05) is 19.5 Å². The first kappa shape index (κ1) is 13.6. The van der Waals surface area contributed by atoms with Gasteiger partial charge in [-0.1, -0.05) is 0 Å². The molecule has 2 N–H and O–H groups in total. The summed E-state index contributed by atoms with van der Waals surface area (Å²) >= 11 is 0. The van der Waals surface area contributed by atoms with E-state index >= 15 is 0 Å². The third kappa shape index (κ3) is 3.14. The minimum Gasteiger partial charge on any atom is -0.497 e. The number of hydrogen-bond acceptors (Lipinski definition) is 6. The molecule has 1 heterocycles. The zero-order valence-corrected chi connectivity index (χ0v) is 11.0. The quantitative estimate of drug-likeness (QED) is 0.861. The number of hydrogen-bond donors (Lipinski definition) is 2. The van der Waals surface area contributed by atoms with Crippen LogP contribution in [-0.4, -0.2) is 35.3 Å². The van der Waals surface area contributed by atoms with Gasteiger partial charge < -0.3 is 19.9 Å². The number of aromatic carboxylic acids is 1. The average molecular weight is 275 g/mol. The molecule has 0 saturated heterocycles. The van der Waals surface area contributed by atoms with E-state index in [2.05, 4.69) is 15.3 Å².